The fraction of sp³-hybridized carbons (Fsp3) is 0.200. The molecule has 1 aliphatic carbocycles. The first-order chi connectivity index (χ1) is 16.2. The van der Waals surface area contributed by atoms with Crippen molar-refractivity contribution in [1.82, 2.24) is 9.62 Å². The van der Waals surface area contributed by atoms with E-state index in [0.29, 0.717) is 11.3 Å². The molecule has 0 heterocycles. The lowest BCUT2D eigenvalue weighted by molar-refractivity contribution is 0.0949. The Balaban J connectivity index is 1.52. The number of hydrogen-bond donors (Lipinski definition) is 2. The minimum atomic E-state index is -3.86. The predicted octanol–water partition coefficient (Wildman–Crippen LogP) is 4.31. The Labute approximate surface area is 203 Å². The number of nitrogens with one attached hydrogen (secondary N) is 2. The van der Waals surface area contributed by atoms with Crippen LogP contribution in [0.15, 0.2) is 77.7 Å². The Kier molecular flexibility index (Phi) is 7.02. The monoisotopic (exact) mass is 497 g/mol. The van der Waals surface area contributed by atoms with Crippen molar-refractivity contribution >= 4 is 39.1 Å². The van der Waals surface area contributed by atoms with Gasteiger partial charge >= 0.3 is 0 Å². The number of sulfonamides is 1. The van der Waals surface area contributed by atoms with Gasteiger partial charge in [-0.2, -0.15) is 4.31 Å². The molecule has 1 aliphatic rings. The molecule has 0 aromatic heterocycles. The van der Waals surface area contributed by atoms with Gasteiger partial charge in [0.1, 0.15) is 0 Å². The van der Waals surface area contributed by atoms with Crippen LogP contribution in [0, 0.1) is 0 Å². The fourth-order valence-corrected chi connectivity index (χ4v) is 4.77. The average Bonchev–Trinajstić information content (AvgIpc) is 3.64. The number of amides is 2. The molecule has 34 heavy (non-hydrogen) atoms. The van der Waals surface area contributed by atoms with Crippen LogP contribution in [0.3, 0.4) is 0 Å². The number of halogens is 1. The van der Waals surface area contributed by atoms with Crippen LogP contribution in [0.4, 0.5) is 5.69 Å². The van der Waals surface area contributed by atoms with Gasteiger partial charge < -0.3 is 10.6 Å². The lowest BCUT2D eigenvalue weighted by Crippen LogP contribution is -2.27. The molecule has 0 unspecified atom stereocenters. The van der Waals surface area contributed by atoms with Gasteiger partial charge in [-0.15, -0.1) is 0 Å². The van der Waals surface area contributed by atoms with Crippen molar-refractivity contribution in [2.75, 3.05) is 12.4 Å². The standard InChI is InChI=1S/C25H24ClN3O4S/c1-29(16-17-6-3-2-4-7-17)34(32,33)21-12-13-23(26)22(15-21)25(31)28-20-9-5-8-18(14-20)24(30)27-19-10-11-19/h2-9,12-15,19H,10-11,16H2,1H3,(H,27,30)(H,28,31). The van der Waals surface area contributed by atoms with E-state index in [1.54, 1.807) is 24.3 Å². The molecule has 0 atom stereocenters. The van der Waals surface area contributed by atoms with Gasteiger partial charge in [0.25, 0.3) is 11.8 Å². The van der Waals surface area contributed by atoms with Crippen molar-refractivity contribution in [3.63, 3.8) is 0 Å². The van der Waals surface area contributed by atoms with Crippen LogP contribution in [0.1, 0.15) is 39.1 Å². The molecule has 0 aliphatic heterocycles. The summed E-state index contributed by atoms with van der Waals surface area (Å²) in [4.78, 5) is 25.2. The van der Waals surface area contributed by atoms with Crippen LogP contribution >= 0.6 is 11.6 Å². The van der Waals surface area contributed by atoms with Crippen molar-refractivity contribution in [2.24, 2.45) is 0 Å². The molecule has 9 heteroatoms. The van der Waals surface area contributed by atoms with E-state index in [-0.39, 0.29) is 34.0 Å². The van der Waals surface area contributed by atoms with Gasteiger partial charge in [-0.1, -0.05) is 48.0 Å². The fourth-order valence-electron chi connectivity index (χ4n) is 3.38. The summed E-state index contributed by atoms with van der Waals surface area (Å²) in [6, 6.07) is 20.0. The largest absolute Gasteiger partial charge is 0.349 e. The van der Waals surface area contributed by atoms with E-state index >= 15 is 0 Å². The van der Waals surface area contributed by atoms with Crippen LogP contribution in [-0.4, -0.2) is 37.6 Å². The number of nitrogens with zero attached hydrogens (tertiary/aromatic N) is 1. The lowest BCUT2D eigenvalue weighted by Gasteiger charge is -2.18. The van der Waals surface area contributed by atoms with Gasteiger partial charge in [0, 0.05) is 30.9 Å². The molecule has 0 spiro atoms. The van der Waals surface area contributed by atoms with Crippen LogP contribution in [0.2, 0.25) is 5.02 Å². The van der Waals surface area contributed by atoms with Gasteiger partial charge in [0.2, 0.25) is 10.0 Å². The van der Waals surface area contributed by atoms with E-state index in [1.165, 1.54) is 29.6 Å². The maximum Gasteiger partial charge on any atom is 0.257 e. The van der Waals surface area contributed by atoms with Crippen molar-refractivity contribution < 1.29 is 18.0 Å². The van der Waals surface area contributed by atoms with Gasteiger partial charge in [0.05, 0.1) is 15.5 Å². The maximum absolute atomic E-state index is 13.1. The molecule has 1 saturated carbocycles. The zero-order chi connectivity index (χ0) is 24.3. The van der Waals surface area contributed by atoms with E-state index in [2.05, 4.69) is 10.6 Å². The number of carbonyl (C=O) groups is 2. The highest BCUT2D eigenvalue weighted by atomic mass is 35.5. The Morgan fingerprint density at radius 3 is 2.41 bits per heavy atom. The summed E-state index contributed by atoms with van der Waals surface area (Å²) in [6.07, 6.45) is 1.95. The van der Waals surface area contributed by atoms with Gasteiger partial charge in [-0.3, -0.25) is 9.59 Å². The number of rotatable bonds is 8. The quantitative estimate of drug-likeness (QED) is 0.485. The molecule has 3 aromatic rings. The smallest absolute Gasteiger partial charge is 0.257 e. The maximum atomic E-state index is 13.1. The molecular formula is C25H24ClN3O4S. The molecular weight excluding hydrogens is 474 g/mol. The Bertz CT molecular complexity index is 1320. The molecule has 4 rings (SSSR count). The Morgan fingerprint density at radius 1 is 0.971 bits per heavy atom. The number of hydrogen-bond acceptors (Lipinski definition) is 4. The van der Waals surface area contributed by atoms with Crippen molar-refractivity contribution in [3.8, 4) is 0 Å². The molecule has 176 valence electrons. The Hall–Kier alpha value is -3.20. The van der Waals surface area contributed by atoms with Crippen LogP contribution in [0.25, 0.3) is 0 Å². The minimum absolute atomic E-state index is 0.0173. The molecule has 7 nitrogen and oxygen atoms in total. The topological polar surface area (TPSA) is 95.6 Å². The minimum Gasteiger partial charge on any atom is -0.349 e. The third kappa shape index (κ3) is 5.64. The van der Waals surface area contributed by atoms with Gasteiger partial charge in [0.15, 0.2) is 0 Å². The van der Waals surface area contributed by atoms with Gasteiger partial charge in [-0.25, -0.2) is 8.42 Å². The second-order valence-corrected chi connectivity index (χ2v) is 10.6. The summed E-state index contributed by atoms with van der Waals surface area (Å²) >= 11 is 6.23. The van der Waals surface area contributed by atoms with Crippen LogP contribution in [0.5, 0.6) is 0 Å². The van der Waals surface area contributed by atoms with Crippen LogP contribution < -0.4 is 10.6 Å². The second kappa shape index (κ2) is 9.97. The van der Waals surface area contributed by atoms with Crippen molar-refractivity contribution in [2.45, 2.75) is 30.3 Å². The first-order valence-corrected chi connectivity index (χ1v) is 12.6. The van der Waals surface area contributed by atoms with Crippen LogP contribution in [-0.2, 0) is 16.6 Å². The predicted molar refractivity (Wildman–Crippen MR) is 131 cm³/mol. The molecule has 2 N–H and O–H groups in total. The normalized spacial score (nSPS) is 13.5. The molecule has 2 amide bonds. The summed E-state index contributed by atoms with van der Waals surface area (Å²) in [6.45, 7) is 0.184. The summed E-state index contributed by atoms with van der Waals surface area (Å²) < 4.78 is 27.4. The first-order valence-electron chi connectivity index (χ1n) is 10.8. The van der Waals surface area contributed by atoms with E-state index in [1.807, 2.05) is 30.3 Å². The third-order valence-corrected chi connectivity index (χ3v) is 7.56. The summed E-state index contributed by atoms with van der Waals surface area (Å²) in [5.74, 6) is -0.779. The van der Waals surface area contributed by atoms with Gasteiger partial charge in [-0.05, 0) is 54.8 Å². The average molecular weight is 498 g/mol. The highest BCUT2D eigenvalue weighted by molar-refractivity contribution is 7.89. The summed E-state index contributed by atoms with van der Waals surface area (Å²) in [7, 11) is -2.38. The number of benzene rings is 3. The Morgan fingerprint density at radius 2 is 1.71 bits per heavy atom. The number of anilines is 1. The second-order valence-electron chi connectivity index (χ2n) is 8.17. The molecule has 0 bridgehead atoms. The zero-order valence-electron chi connectivity index (χ0n) is 18.5. The first kappa shape index (κ1) is 23.9. The zero-order valence-corrected chi connectivity index (χ0v) is 20.1. The summed E-state index contributed by atoms with van der Waals surface area (Å²) in [5, 5.41) is 5.71. The summed E-state index contributed by atoms with van der Waals surface area (Å²) in [5.41, 5.74) is 1.68. The third-order valence-electron chi connectivity index (χ3n) is 5.43. The highest BCUT2D eigenvalue weighted by Gasteiger charge is 2.25. The van der Waals surface area contributed by atoms with Crippen molar-refractivity contribution in [3.05, 3.63) is 94.5 Å². The highest BCUT2D eigenvalue weighted by Crippen LogP contribution is 2.25. The van der Waals surface area contributed by atoms with E-state index in [0.717, 1.165) is 18.4 Å². The van der Waals surface area contributed by atoms with E-state index in [4.69, 9.17) is 11.6 Å². The van der Waals surface area contributed by atoms with Crippen molar-refractivity contribution in [1.29, 1.82) is 0 Å². The van der Waals surface area contributed by atoms with E-state index < -0.39 is 15.9 Å². The molecule has 1 fully saturated rings. The molecule has 0 saturated heterocycles. The van der Waals surface area contributed by atoms with E-state index in [9.17, 15) is 18.0 Å². The lowest BCUT2D eigenvalue weighted by atomic mass is 10.1. The number of carbonyl (C=O) groups excluding carboxylic acids is 2. The molecule has 0 radical (unpaired) electrons. The SMILES string of the molecule is CN(Cc1ccccc1)S(=O)(=O)c1ccc(Cl)c(C(=O)Nc2cccc(C(=O)NC3CC3)c2)c1. The molecule has 3 aromatic carbocycles.